The summed E-state index contributed by atoms with van der Waals surface area (Å²) in [6.07, 6.45) is 0.689. The molecular formula is C12H21NO4. The van der Waals surface area contributed by atoms with Crippen LogP contribution in [-0.2, 0) is 14.3 Å². The van der Waals surface area contributed by atoms with Crippen LogP contribution in [0.5, 0.6) is 0 Å². The second kappa shape index (κ2) is 5.49. The van der Waals surface area contributed by atoms with Gasteiger partial charge >= 0.3 is 5.97 Å². The largest absolute Gasteiger partial charge is 0.481 e. The molecule has 1 saturated heterocycles. The zero-order chi connectivity index (χ0) is 13.1. The second-order valence-electron chi connectivity index (χ2n) is 5.06. The summed E-state index contributed by atoms with van der Waals surface area (Å²) in [5.41, 5.74) is -0.436. The Kier molecular flexibility index (Phi) is 4.51. The number of rotatable bonds is 4. The number of nitrogens with zero attached hydrogens (tertiary/aromatic N) is 1. The molecule has 17 heavy (non-hydrogen) atoms. The topological polar surface area (TPSA) is 66.8 Å². The Bertz CT molecular complexity index is 301. The molecule has 5 nitrogen and oxygen atoms in total. The van der Waals surface area contributed by atoms with Crippen molar-refractivity contribution >= 4 is 11.9 Å². The van der Waals surface area contributed by atoms with E-state index in [1.165, 1.54) is 0 Å². The first-order valence-electron chi connectivity index (χ1n) is 5.99. The van der Waals surface area contributed by atoms with Crippen molar-refractivity contribution in [1.29, 1.82) is 0 Å². The lowest BCUT2D eigenvalue weighted by atomic mass is 9.87. The number of morpholine rings is 1. The summed E-state index contributed by atoms with van der Waals surface area (Å²) in [5.74, 6) is -0.873. The van der Waals surface area contributed by atoms with Crippen LogP contribution in [0.25, 0.3) is 0 Å². The van der Waals surface area contributed by atoms with E-state index in [0.29, 0.717) is 19.8 Å². The van der Waals surface area contributed by atoms with E-state index in [0.717, 1.165) is 6.42 Å². The highest BCUT2D eigenvalue weighted by atomic mass is 16.5. The summed E-state index contributed by atoms with van der Waals surface area (Å²) in [7, 11) is 0. The van der Waals surface area contributed by atoms with Crippen molar-refractivity contribution < 1.29 is 19.4 Å². The number of carbonyl (C=O) groups excluding carboxylic acids is 1. The number of carbonyl (C=O) groups is 2. The Labute approximate surface area is 102 Å². The Hall–Kier alpha value is -1.10. The SMILES string of the molecule is CCC(C)(C)C(=O)N1CCOCC1CC(=O)O. The molecule has 1 atom stereocenters. The van der Waals surface area contributed by atoms with Crippen molar-refractivity contribution in [1.82, 2.24) is 4.90 Å². The molecule has 5 heteroatoms. The van der Waals surface area contributed by atoms with Gasteiger partial charge in [-0.3, -0.25) is 9.59 Å². The normalized spacial score (nSPS) is 21.4. The van der Waals surface area contributed by atoms with Gasteiger partial charge in [0.2, 0.25) is 5.91 Å². The number of aliphatic carboxylic acids is 1. The highest BCUT2D eigenvalue weighted by Gasteiger charge is 2.36. The van der Waals surface area contributed by atoms with Crippen LogP contribution in [0.3, 0.4) is 0 Å². The van der Waals surface area contributed by atoms with Gasteiger partial charge in [0.15, 0.2) is 0 Å². The zero-order valence-corrected chi connectivity index (χ0v) is 10.7. The summed E-state index contributed by atoms with van der Waals surface area (Å²) in [6.45, 7) is 7.04. The molecule has 1 rings (SSSR count). The molecule has 0 aromatic heterocycles. The Morgan fingerprint density at radius 2 is 2.12 bits per heavy atom. The first-order valence-corrected chi connectivity index (χ1v) is 5.99. The van der Waals surface area contributed by atoms with Gasteiger partial charge in [-0.1, -0.05) is 20.8 Å². The lowest BCUT2D eigenvalue weighted by Crippen LogP contribution is -2.53. The average Bonchev–Trinajstić information content (AvgIpc) is 2.28. The highest BCUT2D eigenvalue weighted by Crippen LogP contribution is 2.26. The molecule has 1 heterocycles. The van der Waals surface area contributed by atoms with Crippen LogP contribution < -0.4 is 0 Å². The molecule has 0 aliphatic carbocycles. The minimum atomic E-state index is -0.896. The predicted octanol–water partition coefficient (Wildman–Crippen LogP) is 1.12. The Morgan fingerprint density at radius 1 is 1.47 bits per heavy atom. The third-order valence-corrected chi connectivity index (χ3v) is 3.36. The number of amides is 1. The van der Waals surface area contributed by atoms with Gasteiger partial charge in [-0.2, -0.15) is 0 Å². The maximum atomic E-state index is 12.3. The van der Waals surface area contributed by atoms with Crippen LogP contribution in [0, 0.1) is 5.41 Å². The lowest BCUT2D eigenvalue weighted by molar-refractivity contribution is -0.152. The monoisotopic (exact) mass is 243 g/mol. The van der Waals surface area contributed by atoms with Crippen molar-refractivity contribution in [2.75, 3.05) is 19.8 Å². The molecule has 1 aliphatic rings. The highest BCUT2D eigenvalue weighted by molar-refractivity contribution is 5.83. The van der Waals surface area contributed by atoms with Gasteiger partial charge < -0.3 is 14.7 Å². The van der Waals surface area contributed by atoms with Crippen molar-refractivity contribution in [2.24, 2.45) is 5.41 Å². The molecular weight excluding hydrogens is 222 g/mol. The van der Waals surface area contributed by atoms with E-state index in [9.17, 15) is 9.59 Å². The summed E-state index contributed by atoms with van der Waals surface area (Å²) < 4.78 is 5.25. The molecule has 0 bridgehead atoms. The van der Waals surface area contributed by atoms with Crippen LogP contribution in [-0.4, -0.2) is 47.7 Å². The van der Waals surface area contributed by atoms with Crippen molar-refractivity contribution in [2.45, 2.75) is 39.7 Å². The van der Waals surface area contributed by atoms with Crippen LogP contribution in [0.2, 0.25) is 0 Å². The first kappa shape index (κ1) is 14.0. The van der Waals surface area contributed by atoms with E-state index >= 15 is 0 Å². The fraction of sp³-hybridized carbons (Fsp3) is 0.833. The fourth-order valence-corrected chi connectivity index (χ4v) is 1.83. The van der Waals surface area contributed by atoms with Crippen molar-refractivity contribution in [3.63, 3.8) is 0 Å². The van der Waals surface area contributed by atoms with E-state index in [1.54, 1.807) is 4.90 Å². The smallest absolute Gasteiger partial charge is 0.305 e. The molecule has 1 amide bonds. The predicted molar refractivity (Wildman–Crippen MR) is 62.6 cm³/mol. The van der Waals surface area contributed by atoms with Gasteiger partial charge in [-0.15, -0.1) is 0 Å². The first-order chi connectivity index (χ1) is 7.88. The van der Waals surface area contributed by atoms with Crippen LogP contribution in [0.4, 0.5) is 0 Å². The minimum Gasteiger partial charge on any atom is -0.481 e. The molecule has 0 aromatic rings. The minimum absolute atomic E-state index is 0.0227. The molecule has 0 radical (unpaired) electrons. The Morgan fingerprint density at radius 3 is 2.65 bits per heavy atom. The van der Waals surface area contributed by atoms with Crippen molar-refractivity contribution in [3.8, 4) is 0 Å². The molecule has 1 fully saturated rings. The quantitative estimate of drug-likeness (QED) is 0.803. The van der Waals surface area contributed by atoms with Crippen LogP contribution >= 0.6 is 0 Å². The van der Waals surface area contributed by atoms with Gasteiger partial charge in [0.05, 0.1) is 25.7 Å². The molecule has 0 aromatic carbocycles. The third-order valence-electron chi connectivity index (χ3n) is 3.36. The molecule has 98 valence electrons. The standard InChI is InChI=1S/C12H21NO4/c1-4-12(2,3)11(16)13-5-6-17-8-9(13)7-10(14)15/h9H,4-8H2,1-3H3,(H,14,15). The van der Waals surface area contributed by atoms with Crippen LogP contribution in [0.15, 0.2) is 0 Å². The summed E-state index contributed by atoms with van der Waals surface area (Å²) in [4.78, 5) is 24.7. The molecule has 0 saturated carbocycles. The van der Waals surface area contributed by atoms with Gasteiger partial charge in [0.25, 0.3) is 0 Å². The molecule has 1 aliphatic heterocycles. The third kappa shape index (κ3) is 3.43. The number of hydrogen-bond acceptors (Lipinski definition) is 3. The zero-order valence-electron chi connectivity index (χ0n) is 10.7. The van der Waals surface area contributed by atoms with Gasteiger partial charge in [-0.25, -0.2) is 0 Å². The van der Waals surface area contributed by atoms with Crippen LogP contribution in [0.1, 0.15) is 33.6 Å². The summed E-state index contributed by atoms with van der Waals surface area (Å²) in [5, 5.41) is 8.83. The number of ether oxygens (including phenoxy) is 1. The van der Waals surface area contributed by atoms with Gasteiger partial charge in [0, 0.05) is 12.0 Å². The lowest BCUT2D eigenvalue weighted by Gasteiger charge is -2.39. The van der Waals surface area contributed by atoms with E-state index in [1.807, 2.05) is 20.8 Å². The fourth-order valence-electron chi connectivity index (χ4n) is 1.83. The van der Waals surface area contributed by atoms with E-state index in [-0.39, 0.29) is 18.4 Å². The van der Waals surface area contributed by atoms with E-state index < -0.39 is 11.4 Å². The van der Waals surface area contributed by atoms with E-state index in [4.69, 9.17) is 9.84 Å². The van der Waals surface area contributed by atoms with Gasteiger partial charge in [-0.05, 0) is 6.42 Å². The molecule has 1 N–H and O–H groups in total. The number of hydrogen-bond donors (Lipinski definition) is 1. The number of carboxylic acid groups (broad SMARTS) is 1. The maximum absolute atomic E-state index is 12.3. The summed E-state index contributed by atoms with van der Waals surface area (Å²) >= 11 is 0. The van der Waals surface area contributed by atoms with Gasteiger partial charge in [0.1, 0.15) is 0 Å². The average molecular weight is 243 g/mol. The molecule has 0 spiro atoms. The maximum Gasteiger partial charge on any atom is 0.305 e. The summed E-state index contributed by atoms with van der Waals surface area (Å²) in [6, 6.07) is -0.334. The van der Waals surface area contributed by atoms with E-state index in [2.05, 4.69) is 0 Å². The van der Waals surface area contributed by atoms with Crippen molar-refractivity contribution in [3.05, 3.63) is 0 Å². The Balaban J connectivity index is 2.77. The number of carboxylic acids is 1. The second-order valence-corrected chi connectivity index (χ2v) is 5.06. The molecule has 1 unspecified atom stereocenters.